The summed E-state index contributed by atoms with van der Waals surface area (Å²) in [5, 5.41) is 0. The molecule has 0 unspecified atom stereocenters. The highest BCUT2D eigenvalue weighted by Gasteiger charge is 2.23. The second kappa shape index (κ2) is 6.45. The van der Waals surface area contributed by atoms with Crippen molar-refractivity contribution in [1.29, 1.82) is 0 Å². The van der Waals surface area contributed by atoms with Gasteiger partial charge in [0, 0.05) is 38.0 Å². The minimum atomic E-state index is -0.713. The molecule has 122 valence electrons. The molecule has 0 aliphatic carbocycles. The van der Waals surface area contributed by atoms with E-state index in [0.717, 1.165) is 18.6 Å². The van der Waals surface area contributed by atoms with Gasteiger partial charge < -0.3 is 15.1 Å². The molecular weight excluding hydrogens is 304 g/mol. The second-order valence-corrected chi connectivity index (χ2v) is 5.63. The fourth-order valence-corrected chi connectivity index (χ4v) is 2.63. The van der Waals surface area contributed by atoms with Crippen LogP contribution in [0.15, 0.2) is 28.8 Å². The molecule has 1 aromatic carbocycles. The molecule has 0 saturated carbocycles. The van der Waals surface area contributed by atoms with Gasteiger partial charge in [0.1, 0.15) is 11.6 Å². The first-order valence-electron chi connectivity index (χ1n) is 7.46. The van der Waals surface area contributed by atoms with E-state index < -0.39 is 11.6 Å². The predicted molar refractivity (Wildman–Crippen MR) is 79.3 cm³/mol. The molecule has 0 bridgehead atoms. The van der Waals surface area contributed by atoms with Crippen LogP contribution in [0.2, 0.25) is 0 Å². The number of oxazole rings is 1. The van der Waals surface area contributed by atoms with Crippen LogP contribution in [0, 0.1) is 11.6 Å². The monoisotopic (exact) mass is 321 g/mol. The summed E-state index contributed by atoms with van der Waals surface area (Å²) in [4.78, 5) is 17.8. The van der Waals surface area contributed by atoms with Crippen molar-refractivity contribution >= 4 is 5.91 Å². The summed E-state index contributed by atoms with van der Waals surface area (Å²) >= 11 is 0. The lowest BCUT2D eigenvalue weighted by Gasteiger charge is -2.14. The van der Waals surface area contributed by atoms with Crippen LogP contribution in [0.4, 0.5) is 8.78 Å². The number of hydrogen-bond acceptors (Lipinski definition) is 4. The Kier molecular flexibility index (Phi) is 4.38. The molecule has 7 heteroatoms. The van der Waals surface area contributed by atoms with Crippen LogP contribution in [-0.2, 0) is 11.2 Å². The summed E-state index contributed by atoms with van der Waals surface area (Å²) in [6, 6.07) is 3.29. The van der Waals surface area contributed by atoms with Crippen molar-refractivity contribution in [2.75, 3.05) is 13.1 Å². The van der Waals surface area contributed by atoms with E-state index in [-0.39, 0.29) is 29.7 Å². The van der Waals surface area contributed by atoms with Crippen LogP contribution in [-0.4, -0.2) is 34.9 Å². The lowest BCUT2D eigenvalue weighted by atomic mass is 10.2. The number of benzene rings is 1. The number of carbonyl (C=O) groups excluding carboxylic acids is 1. The first kappa shape index (κ1) is 15.6. The third-order valence-electron chi connectivity index (χ3n) is 3.88. The third kappa shape index (κ3) is 3.56. The Balaban J connectivity index is 1.62. The number of rotatable bonds is 4. The molecule has 3 rings (SSSR count). The molecule has 1 aliphatic heterocycles. The second-order valence-electron chi connectivity index (χ2n) is 5.63. The quantitative estimate of drug-likeness (QED) is 0.936. The number of aromatic nitrogens is 1. The highest BCUT2D eigenvalue weighted by molar-refractivity contribution is 5.76. The number of aryl methyl sites for hydroxylation is 1. The number of nitrogens with zero attached hydrogens (tertiary/aromatic N) is 2. The Morgan fingerprint density at radius 3 is 2.96 bits per heavy atom. The van der Waals surface area contributed by atoms with Crippen LogP contribution in [0.25, 0.3) is 11.3 Å². The highest BCUT2D eigenvalue weighted by atomic mass is 19.1. The Hall–Kier alpha value is -2.28. The number of likely N-dealkylation sites (tertiary alicyclic amines) is 1. The van der Waals surface area contributed by atoms with Gasteiger partial charge in [-0.05, 0) is 18.6 Å². The lowest BCUT2D eigenvalue weighted by molar-refractivity contribution is -0.130. The minimum Gasteiger partial charge on any atom is -0.441 e. The third-order valence-corrected chi connectivity index (χ3v) is 3.88. The fraction of sp³-hybridized carbons (Fsp3) is 0.375. The van der Waals surface area contributed by atoms with Gasteiger partial charge in [-0.25, -0.2) is 13.8 Å². The summed E-state index contributed by atoms with van der Waals surface area (Å²) in [7, 11) is 0. The zero-order chi connectivity index (χ0) is 16.4. The molecule has 1 aliphatic rings. The van der Waals surface area contributed by atoms with Gasteiger partial charge in [-0.1, -0.05) is 0 Å². The van der Waals surface area contributed by atoms with Gasteiger partial charge >= 0.3 is 0 Å². The maximum absolute atomic E-state index is 13.7. The van der Waals surface area contributed by atoms with E-state index in [1.807, 2.05) is 0 Å². The molecule has 5 nitrogen and oxygen atoms in total. The Bertz CT molecular complexity index is 717. The normalized spacial score (nSPS) is 17.7. The molecule has 1 amide bonds. The number of halogens is 2. The van der Waals surface area contributed by atoms with Gasteiger partial charge in [0.25, 0.3) is 0 Å². The smallest absolute Gasteiger partial charge is 0.223 e. The van der Waals surface area contributed by atoms with Gasteiger partial charge in [-0.3, -0.25) is 4.79 Å². The van der Waals surface area contributed by atoms with E-state index in [4.69, 9.17) is 10.2 Å². The van der Waals surface area contributed by atoms with Crippen molar-refractivity contribution in [3.8, 4) is 11.3 Å². The maximum atomic E-state index is 13.7. The Labute approximate surface area is 132 Å². The molecule has 2 N–H and O–H groups in total. The average Bonchev–Trinajstić information content (AvgIpc) is 3.14. The molecule has 1 atom stereocenters. The molecule has 23 heavy (non-hydrogen) atoms. The number of hydrogen-bond donors (Lipinski definition) is 1. The zero-order valence-electron chi connectivity index (χ0n) is 12.5. The molecule has 1 aromatic heterocycles. The van der Waals surface area contributed by atoms with Crippen LogP contribution in [0.3, 0.4) is 0 Å². The van der Waals surface area contributed by atoms with Crippen LogP contribution < -0.4 is 5.73 Å². The fourth-order valence-electron chi connectivity index (χ4n) is 2.63. The van der Waals surface area contributed by atoms with Crippen LogP contribution in [0.1, 0.15) is 18.7 Å². The van der Waals surface area contributed by atoms with E-state index in [2.05, 4.69) is 4.98 Å². The van der Waals surface area contributed by atoms with E-state index in [9.17, 15) is 13.6 Å². The average molecular weight is 321 g/mol. The SMILES string of the molecule is N[C@@H]1CCN(C(=O)CCc2ncc(-c3ccc(F)cc3F)o2)C1. The first-order valence-corrected chi connectivity index (χ1v) is 7.46. The first-order chi connectivity index (χ1) is 11.0. The molecule has 2 aromatic rings. The summed E-state index contributed by atoms with van der Waals surface area (Å²) in [6.45, 7) is 1.26. The molecule has 0 radical (unpaired) electrons. The number of carbonyl (C=O) groups is 1. The van der Waals surface area contributed by atoms with Gasteiger partial charge in [0.2, 0.25) is 5.91 Å². The minimum absolute atomic E-state index is 0.00524. The van der Waals surface area contributed by atoms with Gasteiger partial charge in [-0.2, -0.15) is 0 Å². The van der Waals surface area contributed by atoms with Crippen molar-refractivity contribution in [3.63, 3.8) is 0 Å². The van der Waals surface area contributed by atoms with Crippen molar-refractivity contribution in [2.24, 2.45) is 5.73 Å². The lowest BCUT2D eigenvalue weighted by Crippen LogP contribution is -2.31. The van der Waals surface area contributed by atoms with Crippen LogP contribution in [0.5, 0.6) is 0 Å². The van der Waals surface area contributed by atoms with Crippen molar-refractivity contribution in [3.05, 3.63) is 41.9 Å². The largest absolute Gasteiger partial charge is 0.441 e. The molecule has 0 spiro atoms. The van der Waals surface area contributed by atoms with Crippen molar-refractivity contribution in [1.82, 2.24) is 9.88 Å². The van der Waals surface area contributed by atoms with E-state index >= 15 is 0 Å². The molecule has 1 fully saturated rings. The summed E-state index contributed by atoms with van der Waals surface area (Å²) in [5.74, 6) is -0.797. The van der Waals surface area contributed by atoms with Crippen LogP contribution >= 0.6 is 0 Å². The number of amides is 1. The topological polar surface area (TPSA) is 72.4 Å². The highest BCUT2D eigenvalue weighted by Crippen LogP contribution is 2.24. The molecule has 2 heterocycles. The summed E-state index contributed by atoms with van der Waals surface area (Å²) in [5.41, 5.74) is 5.92. The predicted octanol–water partition coefficient (Wildman–Crippen LogP) is 2.11. The van der Waals surface area contributed by atoms with Gasteiger partial charge in [-0.15, -0.1) is 0 Å². The molecule has 1 saturated heterocycles. The zero-order valence-corrected chi connectivity index (χ0v) is 12.5. The van der Waals surface area contributed by atoms with E-state index in [1.165, 1.54) is 12.3 Å². The standard InChI is InChI=1S/C16H17F2N3O2/c17-10-1-2-12(13(18)7-10)14-8-20-15(23-14)3-4-16(22)21-6-5-11(19)9-21/h1-2,7-8,11H,3-6,9,19H2/t11-/m1/s1. The van der Waals surface area contributed by atoms with E-state index in [1.54, 1.807) is 4.90 Å². The van der Waals surface area contributed by atoms with Crippen molar-refractivity contribution in [2.45, 2.75) is 25.3 Å². The number of nitrogens with two attached hydrogens (primary N) is 1. The van der Waals surface area contributed by atoms with E-state index in [0.29, 0.717) is 25.4 Å². The van der Waals surface area contributed by atoms with Crippen molar-refractivity contribution < 1.29 is 18.0 Å². The Morgan fingerprint density at radius 2 is 2.26 bits per heavy atom. The summed E-state index contributed by atoms with van der Waals surface area (Å²) < 4.78 is 32.1. The van der Waals surface area contributed by atoms with Gasteiger partial charge in [0.15, 0.2) is 11.7 Å². The van der Waals surface area contributed by atoms with Gasteiger partial charge in [0.05, 0.1) is 11.8 Å². The summed E-state index contributed by atoms with van der Waals surface area (Å²) in [6.07, 6.45) is 2.78. The maximum Gasteiger partial charge on any atom is 0.223 e. The molecular formula is C16H17F2N3O2. The Morgan fingerprint density at radius 1 is 1.43 bits per heavy atom.